The maximum atomic E-state index is 5.03. The Bertz CT molecular complexity index is 445. The number of hydrogen-bond donors (Lipinski definition) is 1. The first kappa shape index (κ1) is 15.3. The summed E-state index contributed by atoms with van der Waals surface area (Å²) in [5.41, 5.74) is 2.74. The van der Waals surface area contributed by atoms with Gasteiger partial charge in [-0.1, -0.05) is 0 Å². The van der Waals surface area contributed by atoms with Crippen molar-refractivity contribution in [3.05, 3.63) is 23.4 Å². The number of nitrogens with zero attached hydrogens (tertiary/aromatic N) is 2. The molecule has 1 N–H and O–H groups in total. The summed E-state index contributed by atoms with van der Waals surface area (Å²) in [5.74, 6) is 1.15. The van der Waals surface area contributed by atoms with Gasteiger partial charge in [0.05, 0.1) is 6.61 Å². The summed E-state index contributed by atoms with van der Waals surface area (Å²) in [6.45, 7) is 10.4. The summed E-state index contributed by atoms with van der Waals surface area (Å²) >= 11 is 0. The number of ether oxygens (including phenoxy) is 1. The molecule has 20 heavy (non-hydrogen) atoms. The van der Waals surface area contributed by atoms with Crippen molar-refractivity contribution >= 4 is 5.82 Å². The molecule has 0 unspecified atom stereocenters. The van der Waals surface area contributed by atoms with Gasteiger partial charge in [-0.15, -0.1) is 0 Å². The molecule has 0 aliphatic carbocycles. The summed E-state index contributed by atoms with van der Waals surface area (Å²) in [6.07, 6.45) is 4.50. The predicted molar refractivity (Wildman–Crippen MR) is 83.2 cm³/mol. The maximum absolute atomic E-state index is 5.03. The standard InChI is InChI=1S/C16H27N3O/c1-13-10-14(11-17-7-9-20-4)12-18-15(13)19-8-5-6-16(19,2)3/h10,12,17H,5-9,11H2,1-4H3. The van der Waals surface area contributed by atoms with Crippen molar-refractivity contribution in [3.8, 4) is 0 Å². The van der Waals surface area contributed by atoms with E-state index in [2.05, 4.69) is 37.1 Å². The van der Waals surface area contributed by atoms with Crippen molar-refractivity contribution in [2.75, 3.05) is 31.7 Å². The largest absolute Gasteiger partial charge is 0.383 e. The van der Waals surface area contributed by atoms with Crippen molar-refractivity contribution in [1.82, 2.24) is 10.3 Å². The van der Waals surface area contributed by atoms with Crippen LogP contribution in [-0.2, 0) is 11.3 Å². The molecule has 0 aromatic carbocycles. The van der Waals surface area contributed by atoms with E-state index in [1.165, 1.54) is 24.0 Å². The summed E-state index contributed by atoms with van der Waals surface area (Å²) in [6, 6.07) is 2.25. The lowest BCUT2D eigenvalue weighted by Gasteiger charge is -2.33. The highest BCUT2D eigenvalue weighted by molar-refractivity contribution is 5.50. The molecule has 112 valence electrons. The fourth-order valence-electron chi connectivity index (χ4n) is 2.91. The fourth-order valence-corrected chi connectivity index (χ4v) is 2.91. The van der Waals surface area contributed by atoms with Crippen LogP contribution in [0.1, 0.15) is 37.8 Å². The van der Waals surface area contributed by atoms with Crippen molar-refractivity contribution in [1.29, 1.82) is 0 Å². The molecular weight excluding hydrogens is 250 g/mol. The molecule has 0 amide bonds. The van der Waals surface area contributed by atoms with Gasteiger partial charge in [-0.05, 0) is 50.8 Å². The van der Waals surface area contributed by atoms with Gasteiger partial charge in [0, 0.05) is 38.5 Å². The molecular formula is C16H27N3O. The smallest absolute Gasteiger partial charge is 0.131 e. The van der Waals surface area contributed by atoms with E-state index in [0.717, 1.165) is 32.1 Å². The van der Waals surface area contributed by atoms with Crippen LogP contribution in [-0.4, -0.2) is 37.3 Å². The number of anilines is 1. The molecule has 1 aromatic rings. The van der Waals surface area contributed by atoms with Gasteiger partial charge in [0.25, 0.3) is 0 Å². The van der Waals surface area contributed by atoms with Crippen LogP contribution in [0.15, 0.2) is 12.3 Å². The number of hydrogen-bond acceptors (Lipinski definition) is 4. The van der Waals surface area contributed by atoms with Gasteiger partial charge < -0.3 is 15.0 Å². The Balaban J connectivity index is 2.02. The summed E-state index contributed by atoms with van der Waals surface area (Å²) < 4.78 is 5.03. The number of pyridine rings is 1. The number of aryl methyl sites for hydroxylation is 1. The number of nitrogens with one attached hydrogen (secondary N) is 1. The Morgan fingerprint density at radius 2 is 2.25 bits per heavy atom. The number of methoxy groups -OCH3 is 1. The molecule has 2 rings (SSSR count). The average Bonchev–Trinajstić information content (AvgIpc) is 2.75. The summed E-state index contributed by atoms with van der Waals surface area (Å²) in [4.78, 5) is 7.16. The molecule has 2 heterocycles. The van der Waals surface area contributed by atoms with Gasteiger partial charge in [-0.25, -0.2) is 4.98 Å². The minimum atomic E-state index is 0.232. The molecule has 0 spiro atoms. The lowest BCUT2D eigenvalue weighted by atomic mass is 10.0. The van der Waals surface area contributed by atoms with Gasteiger partial charge in [0.15, 0.2) is 0 Å². The van der Waals surface area contributed by atoms with E-state index in [9.17, 15) is 0 Å². The molecule has 1 aromatic heterocycles. The first-order chi connectivity index (χ1) is 9.54. The Morgan fingerprint density at radius 3 is 2.85 bits per heavy atom. The molecule has 1 aliphatic heterocycles. The third-order valence-corrected chi connectivity index (χ3v) is 4.08. The molecule has 1 fully saturated rings. The normalized spacial score (nSPS) is 17.7. The minimum Gasteiger partial charge on any atom is -0.383 e. The zero-order valence-corrected chi connectivity index (χ0v) is 13.2. The highest BCUT2D eigenvalue weighted by Gasteiger charge is 2.33. The molecule has 4 nitrogen and oxygen atoms in total. The second kappa shape index (κ2) is 6.55. The van der Waals surface area contributed by atoms with E-state index in [1.807, 2.05) is 6.20 Å². The third kappa shape index (κ3) is 3.49. The Labute approximate surface area is 122 Å². The van der Waals surface area contributed by atoms with Crippen LogP contribution >= 0.6 is 0 Å². The van der Waals surface area contributed by atoms with Crippen LogP contribution < -0.4 is 10.2 Å². The van der Waals surface area contributed by atoms with Crippen LogP contribution in [0.25, 0.3) is 0 Å². The van der Waals surface area contributed by atoms with Gasteiger partial charge in [0.2, 0.25) is 0 Å². The number of rotatable bonds is 6. The van der Waals surface area contributed by atoms with E-state index in [4.69, 9.17) is 9.72 Å². The van der Waals surface area contributed by atoms with Crippen LogP contribution in [0, 0.1) is 6.92 Å². The number of aromatic nitrogens is 1. The Morgan fingerprint density at radius 1 is 1.45 bits per heavy atom. The molecule has 0 radical (unpaired) electrons. The van der Waals surface area contributed by atoms with Crippen molar-refractivity contribution in [3.63, 3.8) is 0 Å². The van der Waals surface area contributed by atoms with Crippen LogP contribution in [0.3, 0.4) is 0 Å². The molecule has 0 saturated carbocycles. The van der Waals surface area contributed by atoms with E-state index < -0.39 is 0 Å². The first-order valence-corrected chi connectivity index (χ1v) is 7.47. The molecule has 0 atom stereocenters. The third-order valence-electron chi connectivity index (χ3n) is 4.08. The SMILES string of the molecule is COCCNCc1cnc(N2CCCC2(C)C)c(C)c1. The van der Waals surface area contributed by atoms with E-state index in [1.54, 1.807) is 7.11 Å². The van der Waals surface area contributed by atoms with E-state index >= 15 is 0 Å². The first-order valence-electron chi connectivity index (χ1n) is 7.47. The summed E-state index contributed by atoms with van der Waals surface area (Å²) in [7, 11) is 1.72. The highest BCUT2D eigenvalue weighted by atomic mass is 16.5. The summed E-state index contributed by atoms with van der Waals surface area (Å²) in [5, 5.41) is 3.36. The van der Waals surface area contributed by atoms with Crippen molar-refractivity contribution < 1.29 is 4.74 Å². The van der Waals surface area contributed by atoms with E-state index in [-0.39, 0.29) is 5.54 Å². The molecule has 4 heteroatoms. The van der Waals surface area contributed by atoms with E-state index in [0.29, 0.717) is 0 Å². The van der Waals surface area contributed by atoms with Crippen LogP contribution in [0.4, 0.5) is 5.82 Å². The topological polar surface area (TPSA) is 37.4 Å². The average molecular weight is 277 g/mol. The molecule has 0 bridgehead atoms. The Kier molecular flexibility index (Phi) is 5.00. The van der Waals surface area contributed by atoms with Crippen molar-refractivity contribution in [2.45, 2.75) is 45.7 Å². The van der Waals surface area contributed by atoms with Gasteiger partial charge >= 0.3 is 0 Å². The zero-order chi connectivity index (χ0) is 14.6. The van der Waals surface area contributed by atoms with Crippen LogP contribution in [0.2, 0.25) is 0 Å². The second-order valence-electron chi connectivity index (χ2n) is 6.22. The van der Waals surface area contributed by atoms with Crippen LogP contribution in [0.5, 0.6) is 0 Å². The highest BCUT2D eigenvalue weighted by Crippen LogP contribution is 2.34. The maximum Gasteiger partial charge on any atom is 0.131 e. The monoisotopic (exact) mass is 277 g/mol. The van der Waals surface area contributed by atoms with Gasteiger partial charge in [-0.2, -0.15) is 0 Å². The predicted octanol–water partition coefficient (Wildman–Crippen LogP) is 2.50. The quantitative estimate of drug-likeness (QED) is 0.811. The molecule has 1 aliphatic rings. The fraction of sp³-hybridized carbons (Fsp3) is 0.688. The van der Waals surface area contributed by atoms with Gasteiger partial charge in [-0.3, -0.25) is 0 Å². The Hall–Kier alpha value is -1.13. The minimum absolute atomic E-state index is 0.232. The second-order valence-corrected chi connectivity index (χ2v) is 6.22. The van der Waals surface area contributed by atoms with Gasteiger partial charge in [0.1, 0.15) is 5.82 Å². The lowest BCUT2D eigenvalue weighted by molar-refractivity contribution is 0.199. The van der Waals surface area contributed by atoms with Crippen molar-refractivity contribution in [2.24, 2.45) is 0 Å². The molecule has 1 saturated heterocycles. The lowest BCUT2D eigenvalue weighted by Crippen LogP contribution is -2.39. The zero-order valence-electron chi connectivity index (χ0n) is 13.2.